The van der Waals surface area contributed by atoms with Crippen LogP contribution in [-0.4, -0.2) is 44.4 Å². The van der Waals surface area contributed by atoms with Crippen molar-refractivity contribution in [2.24, 2.45) is 0 Å². The van der Waals surface area contributed by atoms with Gasteiger partial charge in [-0.25, -0.2) is 0 Å². The van der Waals surface area contributed by atoms with Crippen molar-refractivity contribution >= 4 is 23.3 Å². The van der Waals surface area contributed by atoms with E-state index in [4.69, 9.17) is 0 Å². The molecular weight excluding hydrogens is 438 g/mol. The first-order valence-corrected chi connectivity index (χ1v) is 8.63. The molecule has 9 nitrogen and oxygen atoms in total. The minimum atomic E-state index is -5.76. The van der Waals surface area contributed by atoms with Gasteiger partial charge in [0.05, 0.1) is 4.92 Å². The van der Waals surface area contributed by atoms with E-state index in [2.05, 4.69) is 30.3 Å². The Morgan fingerprint density at radius 3 is 2.06 bits per heavy atom. The second-order valence-corrected chi connectivity index (χ2v) is 6.23. The number of hydrogen-bond acceptors (Lipinski definition) is 8. The molecule has 0 bridgehead atoms. The van der Waals surface area contributed by atoms with Crippen molar-refractivity contribution in [3.63, 3.8) is 0 Å². The van der Waals surface area contributed by atoms with Crippen molar-refractivity contribution < 1.29 is 36.0 Å². The zero-order chi connectivity index (χ0) is 23.4. The summed E-state index contributed by atoms with van der Waals surface area (Å²) in [5, 5.41) is 15.9. The number of rotatable bonds is 8. The predicted molar refractivity (Wildman–Crippen MR) is 96.1 cm³/mol. The Morgan fingerprint density at radius 1 is 1.03 bits per heavy atom. The van der Waals surface area contributed by atoms with Crippen LogP contribution in [-0.2, 0) is 0 Å². The van der Waals surface area contributed by atoms with Crippen molar-refractivity contribution in [2.45, 2.75) is 44.8 Å². The van der Waals surface area contributed by atoms with Crippen LogP contribution < -0.4 is 15.4 Å². The van der Waals surface area contributed by atoms with E-state index in [1.807, 2.05) is 0 Å². The van der Waals surface area contributed by atoms with E-state index in [-0.39, 0.29) is 23.4 Å². The summed E-state index contributed by atoms with van der Waals surface area (Å²) >= 11 is 0. The largest absolute Gasteiger partial charge is 0.440 e. The second kappa shape index (κ2) is 9.18. The molecule has 170 valence electrons. The maximum atomic E-state index is 12.8. The fourth-order valence-electron chi connectivity index (χ4n) is 2.07. The number of anilines is 3. The number of nitrogens with zero attached hydrogens (tertiary/aromatic N) is 4. The summed E-state index contributed by atoms with van der Waals surface area (Å²) in [5.41, 5.74) is -0.0528. The zero-order valence-electron chi connectivity index (χ0n) is 16.0. The standard InChI is InChI=1S/C16H16F6N6O3/c1-3-8(2)23-12-25-13(24-9-4-6-10(7-5-9)28(29)30)27-14(26-12)31-11(15(17,18)19)16(20,21)22/h4-8,11H,3H2,1-2H3,(H2,23,24,25,26,27). The Morgan fingerprint density at radius 2 is 1.58 bits per heavy atom. The van der Waals surface area contributed by atoms with Crippen LogP contribution >= 0.6 is 0 Å². The molecule has 0 saturated heterocycles. The summed E-state index contributed by atoms with van der Waals surface area (Å²) in [6.07, 6.45) is -15.1. The first kappa shape index (κ1) is 23.9. The molecule has 0 amide bonds. The Bertz CT molecular complexity index is 892. The molecule has 1 aromatic heterocycles. The lowest BCUT2D eigenvalue weighted by atomic mass is 10.3. The number of benzene rings is 1. The maximum absolute atomic E-state index is 12.8. The Kier molecular flexibility index (Phi) is 7.07. The highest BCUT2D eigenvalue weighted by Crippen LogP contribution is 2.36. The van der Waals surface area contributed by atoms with Gasteiger partial charge in [0.25, 0.3) is 11.8 Å². The topological polar surface area (TPSA) is 115 Å². The molecule has 0 aliphatic rings. The first-order valence-electron chi connectivity index (χ1n) is 8.63. The van der Waals surface area contributed by atoms with Crippen LogP contribution in [0.3, 0.4) is 0 Å². The van der Waals surface area contributed by atoms with Crippen molar-refractivity contribution in [2.75, 3.05) is 10.6 Å². The summed E-state index contributed by atoms with van der Waals surface area (Å²) in [5.74, 6) is -0.764. The van der Waals surface area contributed by atoms with Gasteiger partial charge in [0, 0.05) is 23.9 Å². The molecule has 0 aliphatic carbocycles. The third-order valence-corrected chi connectivity index (χ3v) is 3.75. The van der Waals surface area contributed by atoms with Crippen molar-refractivity contribution in [1.82, 2.24) is 15.0 Å². The van der Waals surface area contributed by atoms with Gasteiger partial charge in [0.2, 0.25) is 11.9 Å². The van der Waals surface area contributed by atoms with Gasteiger partial charge in [0.1, 0.15) is 0 Å². The molecule has 0 fully saturated rings. The van der Waals surface area contributed by atoms with Crippen LogP contribution in [0.25, 0.3) is 0 Å². The van der Waals surface area contributed by atoms with E-state index in [1.54, 1.807) is 13.8 Å². The molecule has 2 rings (SSSR count). The van der Waals surface area contributed by atoms with E-state index in [1.165, 1.54) is 12.1 Å². The van der Waals surface area contributed by atoms with E-state index in [0.29, 0.717) is 6.42 Å². The number of nitrogens with one attached hydrogen (secondary N) is 2. The number of nitro benzene ring substituents is 1. The molecular formula is C16H16F6N6O3. The Balaban J connectivity index is 2.39. The summed E-state index contributed by atoms with van der Waals surface area (Å²) in [4.78, 5) is 20.9. The van der Waals surface area contributed by atoms with Gasteiger partial charge in [-0.1, -0.05) is 6.92 Å². The summed E-state index contributed by atoms with van der Waals surface area (Å²) in [7, 11) is 0. The Labute approximate surface area is 171 Å². The lowest BCUT2D eigenvalue weighted by Crippen LogP contribution is -2.47. The molecule has 0 spiro atoms. The summed E-state index contributed by atoms with van der Waals surface area (Å²) < 4.78 is 80.9. The predicted octanol–water partition coefficient (Wildman–Crippen LogP) is 4.61. The second-order valence-electron chi connectivity index (χ2n) is 6.23. The van der Waals surface area contributed by atoms with Crippen molar-refractivity contribution in [1.29, 1.82) is 0 Å². The minimum Gasteiger partial charge on any atom is -0.440 e. The van der Waals surface area contributed by atoms with Crippen LogP contribution in [0.1, 0.15) is 20.3 Å². The van der Waals surface area contributed by atoms with Gasteiger partial charge in [-0.05, 0) is 25.5 Å². The highest BCUT2D eigenvalue weighted by Gasteiger charge is 2.59. The van der Waals surface area contributed by atoms with Gasteiger partial charge in [-0.2, -0.15) is 41.3 Å². The normalized spacial score (nSPS) is 13.1. The van der Waals surface area contributed by atoms with Crippen LogP contribution in [0.2, 0.25) is 0 Å². The fraction of sp³-hybridized carbons (Fsp3) is 0.438. The van der Waals surface area contributed by atoms with Crippen LogP contribution in [0.15, 0.2) is 24.3 Å². The van der Waals surface area contributed by atoms with Crippen LogP contribution in [0.4, 0.5) is 49.6 Å². The minimum absolute atomic E-state index is 0.181. The van der Waals surface area contributed by atoms with E-state index < -0.39 is 35.3 Å². The number of nitro groups is 1. The number of ether oxygens (including phenoxy) is 1. The summed E-state index contributed by atoms with van der Waals surface area (Å²) in [6.45, 7) is 3.46. The van der Waals surface area contributed by atoms with Gasteiger partial charge in [-0.15, -0.1) is 0 Å². The first-order chi connectivity index (χ1) is 14.3. The van der Waals surface area contributed by atoms with E-state index in [9.17, 15) is 36.5 Å². The average Bonchev–Trinajstić information content (AvgIpc) is 2.64. The molecule has 2 aromatic rings. The number of aromatic nitrogens is 3. The SMILES string of the molecule is CCC(C)Nc1nc(Nc2ccc([N+](=O)[O-])cc2)nc(OC(C(F)(F)F)C(F)(F)F)n1. The summed E-state index contributed by atoms with van der Waals surface area (Å²) in [6, 6.07) is 3.26. The monoisotopic (exact) mass is 454 g/mol. The van der Waals surface area contributed by atoms with Gasteiger partial charge >= 0.3 is 18.4 Å². The lowest BCUT2D eigenvalue weighted by molar-refractivity contribution is -0.384. The number of halogens is 6. The quantitative estimate of drug-likeness (QED) is 0.338. The molecule has 0 radical (unpaired) electrons. The highest BCUT2D eigenvalue weighted by atomic mass is 19.4. The van der Waals surface area contributed by atoms with Crippen molar-refractivity contribution in [3.8, 4) is 6.01 Å². The smallest absolute Gasteiger partial charge is 0.434 e. The van der Waals surface area contributed by atoms with Crippen LogP contribution in [0.5, 0.6) is 6.01 Å². The molecule has 15 heteroatoms. The molecule has 1 aromatic carbocycles. The third-order valence-electron chi connectivity index (χ3n) is 3.75. The van der Waals surface area contributed by atoms with Crippen LogP contribution in [0, 0.1) is 10.1 Å². The van der Waals surface area contributed by atoms with Gasteiger partial charge < -0.3 is 15.4 Å². The average molecular weight is 454 g/mol. The molecule has 1 unspecified atom stereocenters. The lowest BCUT2D eigenvalue weighted by Gasteiger charge is -2.23. The molecule has 1 atom stereocenters. The molecule has 1 heterocycles. The van der Waals surface area contributed by atoms with Crippen molar-refractivity contribution in [3.05, 3.63) is 34.4 Å². The number of alkyl halides is 6. The molecule has 0 saturated carbocycles. The fourth-order valence-corrected chi connectivity index (χ4v) is 2.07. The maximum Gasteiger partial charge on any atom is 0.434 e. The highest BCUT2D eigenvalue weighted by molar-refractivity contribution is 5.56. The van der Waals surface area contributed by atoms with Gasteiger partial charge in [0.15, 0.2) is 0 Å². The molecule has 2 N–H and O–H groups in total. The number of hydrogen-bond donors (Lipinski definition) is 2. The van der Waals surface area contributed by atoms with E-state index in [0.717, 1.165) is 12.1 Å². The van der Waals surface area contributed by atoms with Gasteiger partial charge in [-0.3, -0.25) is 10.1 Å². The number of non-ortho nitro benzene ring substituents is 1. The molecule has 31 heavy (non-hydrogen) atoms. The Hall–Kier alpha value is -3.39. The third kappa shape index (κ3) is 6.82. The van der Waals surface area contributed by atoms with E-state index >= 15 is 0 Å². The molecule has 0 aliphatic heterocycles. The zero-order valence-corrected chi connectivity index (χ0v) is 16.0.